The first-order valence-electron chi connectivity index (χ1n) is 7.32. The lowest BCUT2D eigenvalue weighted by Crippen LogP contribution is -2.51. The highest BCUT2D eigenvalue weighted by Crippen LogP contribution is 2.46. The molecule has 1 aromatic rings. The molecule has 1 aromatic carbocycles. The van der Waals surface area contributed by atoms with E-state index in [2.05, 4.69) is 19.2 Å². The van der Waals surface area contributed by atoms with Crippen molar-refractivity contribution in [2.75, 3.05) is 7.05 Å². The molecule has 20 heavy (non-hydrogen) atoms. The Morgan fingerprint density at radius 3 is 2.55 bits per heavy atom. The normalized spacial score (nSPS) is 36.5. The zero-order valence-corrected chi connectivity index (χ0v) is 12.3. The molecule has 2 heterocycles. The van der Waals surface area contributed by atoms with Gasteiger partial charge in [-0.25, -0.2) is 4.39 Å². The molecule has 0 bridgehead atoms. The third-order valence-electron chi connectivity index (χ3n) is 4.39. The predicted molar refractivity (Wildman–Crippen MR) is 75.4 cm³/mol. The molecule has 0 aromatic heterocycles. The summed E-state index contributed by atoms with van der Waals surface area (Å²) in [6, 6.07) is 5.03. The van der Waals surface area contributed by atoms with E-state index in [9.17, 15) is 4.39 Å². The molecule has 3 nitrogen and oxygen atoms in total. The average molecular weight is 279 g/mol. The van der Waals surface area contributed by atoms with Gasteiger partial charge in [0.05, 0.1) is 12.2 Å². The Morgan fingerprint density at radius 2 is 1.90 bits per heavy atom. The van der Waals surface area contributed by atoms with Crippen molar-refractivity contribution in [3.8, 4) is 5.75 Å². The molecule has 3 unspecified atom stereocenters. The number of hydrogen-bond acceptors (Lipinski definition) is 3. The highest BCUT2D eigenvalue weighted by atomic mass is 19.1. The minimum atomic E-state index is -0.246. The van der Waals surface area contributed by atoms with Gasteiger partial charge in [-0.15, -0.1) is 0 Å². The van der Waals surface area contributed by atoms with Crippen LogP contribution in [0.3, 0.4) is 0 Å². The number of halogens is 1. The average Bonchev–Trinajstić information content (AvgIpc) is 2.35. The Labute approximate surface area is 119 Å². The van der Waals surface area contributed by atoms with Gasteiger partial charge in [-0.05, 0) is 27.0 Å². The minimum Gasteiger partial charge on any atom is -0.487 e. The summed E-state index contributed by atoms with van der Waals surface area (Å²) < 4.78 is 25.6. The standard InChI is InChI=1S/C16H22FNO2/c1-10-7-16(8-11(2)19-10)9-14(18-3)13-5-4-12(17)6-15(13)20-16/h4-6,10-11,14,18H,7-9H2,1-3H3. The first-order valence-corrected chi connectivity index (χ1v) is 7.32. The second-order valence-electron chi connectivity index (χ2n) is 6.18. The van der Waals surface area contributed by atoms with Crippen LogP contribution in [0, 0.1) is 5.82 Å². The van der Waals surface area contributed by atoms with Gasteiger partial charge in [-0.3, -0.25) is 0 Å². The smallest absolute Gasteiger partial charge is 0.127 e. The summed E-state index contributed by atoms with van der Waals surface area (Å²) in [5.74, 6) is 0.431. The van der Waals surface area contributed by atoms with Crippen molar-refractivity contribution in [1.29, 1.82) is 0 Å². The van der Waals surface area contributed by atoms with Crippen molar-refractivity contribution in [2.24, 2.45) is 0 Å². The van der Waals surface area contributed by atoms with Crippen LogP contribution in [-0.4, -0.2) is 24.9 Å². The summed E-state index contributed by atoms with van der Waals surface area (Å²) in [6.07, 6.45) is 2.95. The monoisotopic (exact) mass is 279 g/mol. The number of hydrogen-bond donors (Lipinski definition) is 1. The van der Waals surface area contributed by atoms with Gasteiger partial charge in [0, 0.05) is 36.9 Å². The molecule has 0 saturated carbocycles. The topological polar surface area (TPSA) is 30.5 Å². The lowest BCUT2D eigenvalue weighted by atomic mass is 9.78. The van der Waals surface area contributed by atoms with E-state index < -0.39 is 0 Å². The van der Waals surface area contributed by atoms with Gasteiger partial charge in [0.2, 0.25) is 0 Å². The molecule has 110 valence electrons. The summed E-state index contributed by atoms with van der Waals surface area (Å²) >= 11 is 0. The van der Waals surface area contributed by atoms with Crippen LogP contribution in [0.2, 0.25) is 0 Å². The van der Waals surface area contributed by atoms with Crippen molar-refractivity contribution >= 4 is 0 Å². The van der Waals surface area contributed by atoms with Crippen LogP contribution >= 0.6 is 0 Å². The quantitative estimate of drug-likeness (QED) is 0.856. The Morgan fingerprint density at radius 1 is 1.20 bits per heavy atom. The maximum absolute atomic E-state index is 13.5. The van der Waals surface area contributed by atoms with Gasteiger partial charge in [0.25, 0.3) is 0 Å². The molecule has 1 spiro atoms. The lowest BCUT2D eigenvalue weighted by molar-refractivity contribution is -0.130. The predicted octanol–water partition coefficient (Wildman–Crippen LogP) is 3.19. The highest BCUT2D eigenvalue weighted by Gasteiger charge is 2.45. The number of benzene rings is 1. The molecule has 1 saturated heterocycles. The van der Waals surface area contributed by atoms with Gasteiger partial charge in [0.15, 0.2) is 0 Å². The van der Waals surface area contributed by atoms with E-state index >= 15 is 0 Å². The van der Waals surface area contributed by atoms with E-state index in [0.29, 0.717) is 5.75 Å². The van der Waals surface area contributed by atoms with Crippen molar-refractivity contribution in [3.05, 3.63) is 29.6 Å². The molecule has 0 radical (unpaired) electrons. The maximum atomic E-state index is 13.5. The summed E-state index contributed by atoms with van der Waals surface area (Å²) in [5, 5.41) is 3.34. The van der Waals surface area contributed by atoms with Crippen LogP contribution in [0.5, 0.6) is 5.75 Å². The molecular formula is C16H22FNO2. The van der Waals surface area contributed by atoms with E-state index in [1.165, 1.54) is 12.1 Å². The van der Waals surface area contributed by atoms with Crippen LogP contribution in [0.15, 0.2) is 18.2 Å². The zero-order chi connectivity index (χ0) is 14.3. The molecule has 3 atom stereocenters. The molecule has 2 aliphatic rings. The molecule has 1 N–H and O–H groups in total. The van der Waals surface area contributed by atoms with Crippen LogP contribution in [0.1, 0.15) is 44.7 Å². The van der Waals surface area contributed by atoms with Crippen LogP contribution in [-0.2, 0) is 4.74 Å². The third-order valence-corrected chi connectivity index (χ3v) is 4.39. The fourth-order valence-electron chi connectivity index (χ4n) is 3.77. The van der Waals surface area contributed by atoms with Crippen LogP contribution < -0.4 is 10.1 Å². The number of fused-ring (bicyclic) bond motifs is 1. The molecule has 4 heteroatoms. The van der Waals surface area contributed by atoms with E-state index in [4.69, 9.17) is 9.47 Å². The van der Waals surface area contributed by atoms with Crippen molar-refractivity contribution in [1.82, 2.24) is 5.32 Å². The zero-order valence-electron chi connectivity index (χ0n) is 12.3. The lowest BCUT2D eigenvalue weighted by Gasteiger charge is -2.47. The van der Waals surface area contributed by atoms with Crippen molar-refractivity contribution in [3.63, 3.8) is 0 Å². The van der Waals surface area contributed by atoms with Crippen molar-refractivity contribution in [2.45, 2.75) is 57.0 Å². The fourth-order valence-corrected chi connectivity index (χ4v) is 3.77. The SMILES string of the molecule is CNC1CC2(CC(C)OC(C)C2)Oc2cc(F)ccc21. The Balaban J connectivity index is 1.97. The molecule has 1 fully saturated rings. The summed E-state index contributed by atoms with van der Waals surface area (Å²) in [6.45, 7) is 4.16. The second-order valence-corrected chi connectivity index (χ2v) is 6.18. The van der Waals surface area contributed by atoms with E-state index in [0.717, 1.165) is 24.8 Å². The fraction of sp³-hybridized carbons (Fsp3) is 0.625. The Kier molecular flexibility index (Phi) is 3.46. The van der Waals surface area contributed by atoms with Crippen LogP contribution in [0.25, 0.3) is 0 Å². The van der Waals surface area contributed by atoms with Gasteiger partial charge in [-0.1, -0.05) is 6.07 Å². The number of rotatable bonds is 1. The Bertz CT molecular complexity index is 495. The Hall–Kier alpha value is -1.13. The van der Waals surface area contributed by atoms with Crippen LogP contribution in [0.4, 0.5) is 4.39 Å². The molecule has 3 rings (SSSR count). The molecule has 0 aliphatic carbocycles. The van der Waals surface area contributed by atoms with Crippen molar-refractivity contribution < 1.29 is 13.9 Å². The van der Waals surface area contributed by atoms with Gasteiger partial charge in [-0.2, -0.15) is 0 Å². The molecular weight excluding hydrogens is 257 g/mol. The largest absolute Gasteiger partial charge is 0.487 e. The first-order chi connectivity index (χ1) is 9.51. The van der Waals surface area contributed by atoms with E-state index in [1.807, 2.05) is 13.1 Å². The second kappa shape index (κ2) is 5.01. The number of ether oxygens (including phenoxy) is 2. The van der Waals surface area contributed by atoms with Gasteiger partial charge >= 0.3 is 0 Å². The minimum absolute atomic E-state index is 0.173. The third kappa shape index (κ3) is 2.42. The number of nitrogens with one attached hydrogen (secondary N) is 1. The molecule has 0 amide bonds. The highest BCUT2D eigenvalue weighted by molar-refractivity contribution is 5.39. The first kappa shape index (κ1) is 13.8. The summed E-state index contributed by atoms with van der Waals surface area (Å²) in [5.41, 5.74) is 0.803. The van der Waals surface area contributed by atoms with E-state index in [1.54, 1.807) is 0 Å². The summed E-state index contributed by atoms with van der Waals surface area (Å²) in [4.78, 5) is 0. The van der Waals surface area contributed by atoms with E-state index in [-0.39, 0.29) is 29.7 Å². The van der Waals surface area contributed by atoms with Gasteiger partial charge < -0.3 is 14.8 Å². The maximum Gasteiger partial charge on any atom is 0.127 e. The van der Waals surface area contributed by atoms with Gasteiger partial charge in [0.1, 0.15) is 17.2 Å². The summed E-state index contributed by atoms with van der Waals surface area (Å²) in [7, 11) is 1.95. The molecule has 2 aliphatic heterocycles.